The summed E-state index contributed by atoms with van der Waals surface area (Å²) in [5.74, 6) is 0.581. The Hall–Kier alpha value is -2.12. The minimum absolute atomic E-state index is 0.540. The van der Waals surface area contributed by atoms with Crippen LogP contribution in [-0.4, -0.2) is 28.4 Å². The number of rotatable bonds is 5. The molecular weight excluding hydrogens is 352 g/mol. The normalized spacial score (nSPS) is 13.2. The lowest BCUT2D eigenvalue weighted by Crippen LogP contribution is -2.31. The lowest BCUT2D eigenvalue weighted by molar-refractivity contribution is 0.120. The number of hydrogen-bond donors (Lipinski definition) is 3. The second-order valence-electron chi connectivity index (χ2n) is 4.59. The van der Waals surface area contributed by atoms with Crippen LogP contribution in [0.1, 0.15) is 23.3 Å². The van der Waals surface area contributed by atoms with E-state index in [0.717, 1.165) is 0 Å². The van der Waals surface area contributed by atoms with E-state index in [9.17, 15) is 9.90 Å². The van der Waals surface area contributed by atoms with Gasteiger partial charge in [-0.25, -0.2) is 4.79 Å². The minimum atomic E-state index is -1.23. The Morgan fingerprint density at radius 3 is 2.73 bits per heavy atom. The summed E-state index contributed by atoms with van der Waals surface area (Å²) in [6.07, 6.45) is 0.780. The van der Waals surface area contributed by atoms with Crippen molar-refractivity contribution in [2.45, 2.75) is 12.1 Å². The highest BCUT2D eigenvalue weighted by molar-refractivity contribution is 9.10. The van der Waals surface area contributed by atoms with Gasteiger partial charge in [-0.2, -0.15) is 0 Å². The van der Waals surface area contributed by atoms with Gasteiger partial charge in [0.05, 0.1) is 13.2 Å². The number of hydrogen-bond acceptors (Lipinski definition) is 4. The molecule has 0 bridgehead atoms. The summed E-state index contributed by atoms with van der Waals surface area (Å²) in [6.45, 7) is 0. The topological polar surface area (TPSA) is 91.7 Å². The molecule has 0 fully saturated rings. The second kappa shape index (κ2) is 7.24. The zero-order chi connectivity index (χ0) is 16.1. The van der Waals surface area contributed by atoms with E-state index in [4.69, 9.17) is 9.84 Å². The smallest absolute Gasteiger partial charge is 0.405 e. The third kappa shape index (κ3) is 3.96. The van der Waals surface area contributed by atoms with Crippen LogP contribution < -0.4 is 10.1 Å². The van der Waals surface area contributed by atoms with Crippen molar-refractivity contribution in [2.24, 2.45) is 0 Å². The molecule has 2 rings (SSSR count). The minimum Gasteiger partial charge on any atom is -0.497 e. The Kier molecular flexibility index (Phi) is 5.35. The predicted molar refractivity (Wildman–Crippen MR) is 83.8 cm³/mol. The highest BCUT2D eigenvalue weighted by Crippen LogP contribution is 2.31. The van der Waals surface area contributed by atoms with Crippen LogP contribution in [0.5, 0.6) is 5.75 Å². The maximum atomic E-state index is 11.0. The molecule has 1 aromatic carbocycles. The van der Waals surface area contributed by atoms with Crippen LogP contribution in [0.4, 0.5) is 4.79 Å². The summed E-state index contributed by atoms with van der Waals surface area (Å²) < 4.78 is 5.82. The Balaban J connectivity index is 2.37. The van der Waals surface area contributed by atoms with Crippen LogP contribution >= 0.6 is 15.9 Å². The van der Waals surface area contributed by atoms with Crippen LogP contribution in [0.25, 0.3) is 0 Å². The van der Waals surface area contributed by atoms with Gasteiger partial charge in [0.2, 0.25) is 0 Å². The van der Waals surface area contributed by atoms with E-state index in [1.807, 2.05) is 0 Å². The largest absolute Gasteiger partial charge is 0.497 e. The number of benzene rings is 1. The first-order valence-corrected chi connectivity index (χ1v) is 7.22. The molecule has 0 aliphatic heterocycles. The van der Waals surface area contributed by atoms with Crippen molar-refractivity contribution in [2.75, 3.05) is 7.11 Å². The molecule has 6 nitrogen and oxygen atoms in total. The molecular formula is C15H15BrN2O4. The summed E-state index contributed by atoms with van der Waals surface area (Å²) in [6, 6.07) is 7.69. The Bertz CT molecular complexity index is 665. The molecule has 116 valence electrons. The lowest BCUT2D eigenvalue weighted by atomic mass is 9.97. The van der Waals surface area contributed by atoms with E-state index in [0.29, 0.717) is 21.3 Å². The van der Waals surface area contributed by atoms with Crippen molar-refractivity contribution >= 4 is 22.0 Å². The van der Waals surface area contributed by atoms with E-state index < -0.39 is 18.2 Å². The molecule has 22 heavy (non-hydrogen) atoms. The number of amides is 1. The molecule has 7 heteroatoms. The third-order valence-corrected chi connectivity index (χ3v) is 3.55. The molecule has 0 saturated carbocycles. The zero-order valence-corrected chi connectivity index (χ0v) is 13.3. The average Bonchev–Trinajstić information content (AvgIpc) is 2.52. The van der Waals surface area contributed by atoms with Gasteiger partial charge in [-0.05, 0) is 45.3 Å². The number of halogens is 1. The molecule has 0 spiro atoms. The van der Waals surface area contributed by atoms with E-state index in [-0.39, 0.29) is 0 Å². The van der Waals surface area contributed by atoms with E-state index in [2.05, 4.69) is 26.2 Å². The van der Waals surface area contributed by atoms with Gasteiger partial charge in [0.25, 0.3) is 0 Å². The summed E-state index contributed by atoms with van der Waals surface area (Å²) in [5, 5.41) is 21.9. The molecule has 0 saturated heterocycles. The summed E-state index contributed by atoms with van der Waals surface area (Å²) in [5.41, 5.74) is 1.09. The number of carbonyl (C=O) groups is 1. The highest BCUT2D eigenvalue weighted by atomic mass is 79.9. The molecule has 2 atom stereocenters. The van der Waals surface area contributed by atoms with Crippen molar-refractivity contribution in [3.63, 3.8) is 0 Å². The monoisotopic (exact) mass is 366 g/mol. The van der Waals surface area contributed by atoms with Crippen LogP contribution in [0.3, 0.4) is 0 Å². The third-order valence-electron chi connectivity index (χ3n) is 3.12. The zero-order valence-electron chi connectivity index (χ0n) is 11.7. The molecule has 0 radical (unpaired) electrons. The first-order valence-electron chi connectivity index (χ1n) is 6.43. The van der Waals surface area contributed by atoms with Gasteiger partial charge < -0.3 is 20.3 Å². The number of ether oxygens (including phenoxy) is 1. The van der Waals surface area contributed by atoms with Crippen LogP contribution in [0, 0.1) is 0 Å². The molecule has 0 aliphatic rings. The lowest BCUT2D eigenvalue weighted by Gasteiger charge is -2.23. The predicted octanol–water partition coefficient (Wildman–Crippen LogP) is 2.90. The fourth-order valence-electron chi connectivity index (χ4n) is 2.09. The van der Waals surface area contributed by atoms with Crippen LogP contribution in [0.15, 0.2) is 47.2 Å². The summed E-state index contributed by atoms with van der Waals surface area (Å²) in [4.78, 5) is 15.1. The molecule has 1 heterocycles. The number of methoxy groups -OCH3 is 1. The highest BCUT2D eigenvalue weighted by Gasteiger charge is 2.25. The Labute approximate surface area is 135 Å². The van der Waals surface area contributed by atoms with Gasteiger partial charge in [-0.3, -0.25) is 4.98 Å². The molecule has 1 amide bonds. The van der Waals surface area contributed by atoms with Gasteiger partial charge >= 0.3 is 6.09 Å². The van der Waals surface area contributed by atoms with Crippen molar-refractivity contribution in [3.8, 4) is 5.75 Å². The van der Waals surface area contributed by atoms with Crippen molar-refractivity contribution in [1.29, 1.82) is 0 Å². The number of aromatic nitrogens is 1. The average molecular weight is 367 g/mol. The molecule has 2 aromatic rings. The fraction of sp³-hybridized carbons (Fsp3) is 0.200. The second-order valence-corrected chi connectivity index (χ2v) is 5.50. The summed E-state index contributed by atoms with van der Waals surface area (Å²) in [7, 11) is 1.52. The fourth-order valence-corrected chi connectivity index (χ4v) is 2.48. The number of pyridine rings is 1. The Morgan fingerprint density at radius 1 is 1.32 bits per heavy atom. The molecule has 0 aliphatic carbocycles. The van der Waals surface area contributed by atoms with Gasteiger partial charge in [0, 0.05) is 16.9 Å². The van der Waals surface area contributed by atoms with Crippen molar-refractivity contribution in [1.82, 2.24) is 10.3 Å². The van der Waals surface area contributed by atoms with Gasteiger partial charge in [-0.15, -0.1) is 0 Å². The quantitative estimate of drug-likeness (QED) is 0.756. The number of aliphatic hydroxyl groups is 1. The van der Waals surface area contributed by atoms with Gasteiger partial charge in [0.1, 0.15) is 11.9 Å². The molecule has 0 unspecified atom stereocenters. The van der Waals surface area contributed by atoms with E-state index >= 15 is 0 Å². The number of carboxylic acid groups (broad SMARTS) is 1. The van der Waals surface area contributed by atoms with Gasteiger partial charge in [-0.1, -0.05) is 12.1 Å². The van der Waals surface area contributed by atoms with E-state index in [1.165, 1.54) is 13.3 Å². The summed E-state index contributed by atoms with van der Waals surface area (Å²) >= 11 is 3.29. The Morgan fingerprint density at radius 2 is 2.09 bits per heavy atom. The SMILES string of the molecule is COc1cccc([C@H](O)[C@H](NC(=O)O)c2cncc(Br)c2)c1. The van der Waals surface area contributed by atoms with Crippen molar-refractivity contribution < 1.29 is 19.7 Å². The first-order chi connectivity index (χ1) is 10.5. The standard InChI is InChI=1S/C15H15BrN2O4/c1-22-12-4-2-3-9(6-12)14(19)13(18-15(20)21)10-5-11(16)8-17-7-10/h2-8,13-14,18-19H,1H3,(H,20,21)/t13-,14+/m1/s1. The number of aliphatic hydroxyl groups excluding tert-OH is 1. The van der Waals surface area contributed by atoms with Crippen LogP contribution in [0.2, 0.25) is 0 Å². The van der Waals surface area contributed by atoms with Crippen molar-refractivity contribution in [3.05, 3.63) is 58.3 Å². The van der Waals surface area contributed by atoms with E-state index in [1.54, 1.807) is 36.5 Å². The number of nitrogens with one attached hydrogen (secondary N) is 1. The first kappa shape index (κ1) is 16.3. The molecule has 3 N–H and O–H groups in total. The maximum absolute atomic E-state index is 11.0. The molecule has 1 aromatic heterocycles. The maximum Gasteiger partial charge on any atom is 0.405 e. The number of nitrogens with zero attached hydrogens (tertiary/aromatic N) is 1. The van der Waals surface area contributed by atoms with Crippen LogP contribution in [-0.2, 0) is 0 Å². The van der Waals surface area contributed by atoms with Gasteiger partial charge in [0.15, 0.2) is 0 Å².